The summed E-state index contributed by atoms with van der Waals surface area (Å²) in [5, 5.41) is 0. The van der Waals surface area contributed by atoms with Gasteiger partial charge in [0.2, 0.25) is 13.6 Å². The average molecular weight is 418 g/mol. The van der Waals surface area contributed by atoms with Gasteiger partial charge >= 0.3 is 5.97 Å². The molecule has 2 aromatic rings. The van der Waals surface area contributed by atoms with Crippen molar-refractivity contribution in [1.82, 2.24) is 0 Å². The minimum absolute atomic E-state index is 0. The van der Waals surface area contributed by atoms with Crippen molar-refractivity contribution in [1.29, 1.82) is 0 Å². The van der Waals surface area contributed by atoms with Gasteiger partial charge in [-0.05, 0) is 23.8 Å². The van der Waals surface area contributed by atoms with Gasteiger partial charge in [0.15, 0.2) is 35.1 Å². The second-order valence-electron chi connectivity index (χ2n) is 8.19. The number of cyclic esters (lactones) is 1. The van der Waals surface area contributed by atoms with Crippen LogP contribution < -0.4 is 31.4 Å². The fraction of sp³-hybridized carbons (Fsp3) is 0.381. The summed E-state index contributed by atoms with van der Waals surface area (Å²) in [6.45, 7) is 1.30. The summed E-state index contributed by atoms with van der Waals surface area (Å²) >= 11 is 0. The van der Waals surface area contributed by atoms with Crippen LogP contribution in [0.2, 0.25) is 0 Å². The fourth-order valence-corrected chi connectivity index (χ4v) is 4.85. The van der Waals surface area contributed by atoms with E-state index in [4.69, 9.17) is 23.7 Å². The quantitative estimate of drug-likeness (QED) is 0.470. The van der Waals surface area contributed by atoms with E-state index in [1.165, 1.54) is 5.56 Å². The number of carbonyl (C=O) groups excluding carboxylic acids is 1. The maximum atomic E-state index is 12.8. The Morgan fingerprint density at radius 3 is 2.48 bits per heavy atom. The van der Waals surface area contributed by atoms with Crippen molar-refractivity contribution in [3.8, 4) is 23.0 Å². The molecule has 0 aliphatic carbocycles. The molecule has 0 N–H and O–H groups in total. The first-order chi connectivity index (χ1) is 13.5. The van der Waals surface area contributed by atoms with Crippen LogP contribution in [-0.2, 0) is 11.2 Å². The Labute approximate surface area is 174 Å². The number of carbonyl (C=O) groups is 1. The van der Waals surface area contributed by atoms with Crippen molar-refractivity contribution in [3.63, 3.8) is 0 Å². The molecular formula is C21H20ClNO6. The molecule has 0 radical (unpaired) electrons. The van der Waals surface area contributed by atoms with Crippen LogP contribution in [0, 0.1) is 0 Å². The van der Waals surface area contributed by atoms with Crippen molar-refractivity contribution < 1.29 is 45.4 Å². The number of halogens is 1. The summed E-state index contributed by atoms with van der Waals surface area (Å²) < 4.78 is 28.8. The summed E-state index contributed by atoms with van der Waals surface area (Å²) in [6.07, 6.45) is 0.538. The molecule has 0 bridgehead atoms. The van der Waals surface area contributed by atoms with Crippen LogP contribution in [0.4, 0.5) is 0 Å². The monoisotopic (exact) mass is 417 g/mol. The third-order valence-corrected chi connectivity index (χ3v) is 6.27. The molecule has 0 aromatic heterocycles. The van der Waals surface area contributed by atoms with Gasteiger partial charge in [-0.1, -0.05) is 6.07 Å². The fourth-order valence-electron chi connectivity index (χ4n) is 4.85. The van der Waals surface area contributed by atoms with Crippen molar-refractivity contribution >= 4 is 5.97 Å². The molecule has 0 amide bonds. The van der Waals surface area contributed by atoms with Crippen molar-refractivity contribution in [2.24, 2.45) is 0 Å². The maximum Gasteiger partial charge on any atom is 0.343 e. The second-order valence-corrected chi connectivity index (χ2v) is 8.19. The zero-order chi connectivity index (χ0) is 19.0. The molecule has 2 aromatic carbocycles. The van der Waals surface area contributed by atoms with Gasteiger partial charge in [-0.2, -0.15) is 0 Å². The summed E-state index contributed by atoms with van der Waals surface area (Å²) in [4.78, 5) is 12.8. The predicted octanol–water partition coefficient (Wildman–Crippen LogP) is -0.267. The molecule has 0 saturated carbocycles. The van der Waals surface area contributed by atoms with Crippen LogP contribution in [0.3, 0.4) is 0 Å². The molecule has 4 aliphatic heterocycles. The van der Waals surface area contributed by atoms with E-state index in [0.29, 0.717) is 21.5 Å². The highest BCUT2D eigenvalue weighted by Gasteiger charge is 2.50. The van der Waals surface area contributed by atoms with E-state index in [9.17, 15) is 4.79 Å². The Balaban J connectivity index is 0.00000181. The lowest BCUT2D eigenvalue weighted by Crippen LogP contribution is -3.00. The minimum atomic E-state index is -0.397. The summed E-state index contributed by atoms with van der Waals surface area (Å²) in [5.74, 6) is 2.28. The number of nitrogens with zero attached hydrogens (tertiary/aromatic N) is 1. The van der Waals surface area contributed by atoms with Gasteiger partial charge in [-0.3, -0.25) is 0 Å². The smallest absolute Gasteiger partial charge is 0.343 e. The number of ether oxygens (including phenoxy) is 5. The van der Waals surface area contributed by atoms with Crippen LogP contribution in [0.5, 0.6) is 23.0 Å². The van der Waals surface area contributed by atoms with Gasteiger partial charge in [0.1, 0.15) is 5.56 Å². The molecule has 2 atom stereocenters. The highest BCUT2D eigenvalue weighted by atomic mass is 35.5. The predicted molar refractivity (Wildman–Crippen MR) is 96.7 cm³/mol. The number of fused-ring (bicyclic) bond motifs is 5. The minimum Gasteiger partial charge on any atom is -1.00 e. The lowest BCUT2D eigenvalue weighted by Gasteiger charge is -2.44. The SMILES string of the molecule is C[N+]1(C)CCc2cc3c(cc2C1C1OC(=O)c2c1ccc1c2OCO1)OCO3.[Cl-]. The van der Waals surface area contributed by atoms with Gasteiger partial charge in [-0.15, -0.1) is 0 Å². The van der Waals surface area contributed by atoms with Crippen LogP contribution in [-0.4, -0.2) is 44.7 Å². The van der Waals surface area contributed by atoms with Crippen molar-refractivity contribution in [3.05, 3.63) is 46.5 Å². The van der Waals surface area contributed by atoms with Crippen LogP contribution >= 0.6 is 0 Å². The lowest BCUT2D eigenvalue weighted by atomic mass is 9.84. The Morgan fingerprint density at radius 1 is 0.931 bits per heavy atom. The Bertz CT molecular complexity index is 1040. The maximum absolute atomic E-state index is 12.8. The molecule has 0 spiro atoms. The van der Waals surface area contributed by atoms with Crippen molar-refractivity contribution in [2.45, 2.75) is 18.6 Å². The highest BCUT2D eigenvalue weighted by molar-refractivity contribution is 5.98. The zero-order valence-electron chi connectivity index (χ0n) is 16.1. The van der Waals surface area contributed by atoms with E-state index in [-0.39, 0.29) is 38.0 Å². The van der Waals surface area contributed by atoms with Crippen molar-refractivity contribution in [2.75, 3.05) is 34.2 Å². The molecule has 4 aliphatic rings. The van der Waals surface area contributed by atoms with Gasteiger partial charge in [-0.25, -0.2) is 4.79 Å². The average Bonchev–Trinajstić information content (AvgIpc) is 3.37. The number of rotatable bonds is 1. The third-order valence-electron chi connectivity index (χ3n) is 6.27. The summed E-state index contributed by atoms with van der Waals surface area (Å²) in [7, 11) is 4.36. The summed E-state index contributed by atoms with van der Waals surface area (Å²) in [5.41, 5.74) is 3.71. The van der Waals surface area contributed by atoms with Gasteiger partial charge in [0, 0.05) is 17.5 Å². The molecule has 7 nitrogen and oxygen atoms in total. The first-order valence-electron chi connectivity index (χ1n) is 9.41. The van der Waals surface area contributed by atoms with Gasteiger partial charge < -0.3 is 40.6 Å². The van der Waals surface area contributed by atoms with E-state index >= 15 is 0 Å². The number of hydrogen-bond donors (Lipinski definition) is 0. The lowest BCUT2D eigenvalue weighted by molar-refractivity contribution is -0.927. The topological polar surface area (TPSA) is 63.2 Å². The molecule has 2 unspecified atom stereocenters. The standard InChI is InChI=1S/C21H20NO6.ClH/c1-22(2)6-5-11-7-15-16(26-9-25-15)8-13(11)18(22)19-12-3-4-14-20(27-10-24-14)17(12)21(23)28-19;/h3-4,7-8,18-19H,5-6,9-10H2,1-2H3;1H/q+1;/p-1. The number of hydrogen-bond acceptors (Lipinski definition) is 6. The molecule has 4 heterocycles. The van der Waals surface area contributed by atoms with E-state index in [1.807, 2.05) is 12.1 Å². The summed E-state index contributed by atoms with van der Waals surface area (Å²) in [6, 6.07) is 7.87. The molecule has 6 rings (SSSR count). The Morgan fingerprint density at radius 2 is 1.66 bits per heavy atom. The van der Waals surface area contributed by atoms with E-state index in [2.05, 4.69) is 26.2 Å². The van der Waals surface area contributed by atoms with Crippen LogP contribution in [0.15, 0.2) is 24.3 Å². The van der Waals surface area contributed by atoms with E-state index < -0.39 is 6.10 Å². The van der Waals surface area contributed by atoms with Gasteiger partial charge in [0.05, 0.1) is 20.6 Å². The number of likely N-dealkylation sites (N-methyl/N-ethyl adjacent to an activating group) is 1. The first kappa shape index (κ1) is 18.4. The third kappa shape index (κ3) is 2.50. The second kappa shape index (κ2) is 6.18. The number of benzene rings is 2. The highest BCUT2D eigenvalue weighted by Crippen LogP contribution is 2.53. The van der Waals surface area contributed by atoms with Crippen LogP contribution in [0.25, 0.3) is 0 Å². The molecule has 0 fully saturated rings. The normalized spacial score (nSPS) is 24.4. The van der Waals surface area contributed by atoms with Gasteiger partial charge in [0.25, 0.3) is 0 Å². The Kier molecular flexibility index (Phi) is 3.92. The van der Waals surface area contributed by atoms with E-state index in [1.54, 1.807) is 0 Å². The number of esters is 1. The first-order valence-corrected chi connectivity index (χ1v) is 9.41. The largest absolute Gasteiger partial charge is 1.00 e. The Hall–Kier alpha value is -2.64. The molecule has 152 valence electrons. The zero-order valence-corrected chi connectivity index (χ0v) is 16.8. The van der Waals surface area contributed by atoms with Crippen LogP contribution in [0.1, 0.15) is 39.2 Å². The number of quaternary nitrogens is 1. The molecule has 0 saturated heterocycles. The molecule has 29 heavy (non-hydrogen) atoms. The van der Waals surface area contributed by atoms with E-state index in [0.717, 1.165) is 35.6 Å². The molecule has 8 heteroatoms. The molecular weight excluding hydrogens is 398 g/mol.